The van der Waals surface area contributed by atoms with E-state index in [1.807, 2.05) is 12.1 Å². The number of furan rings is 2. The average Bonchev–Trinajstić information content (AvgIpc) is 4.16. The Morgan fingerprint density at radius 1 is 0.369 bits per heavy atom. The minimum Gasteiger partial charge on any atom is -0.456 e. The lowest BCUT2D eigenvalue weighted by Crippen LogP contribution is -2.26. The summed E-state index contributed by atoms with van der Waals surface area (Å²) < 4.78 is 15.4. The summed E-state index contributed by atoms with van der Waals surface area (Å²) in [5, 5.41) is 6.77. The van der Waals surface area contributed by atoms with Crippen LogP contribution in [0.2, 0.25) is 0 Å². The Labute approximate surface area is 373 Å². The smallest absolute Gasteiger partial charge is 0.137 e. The van der Waals surface area contributed by atoms with Crippen LogP contribution in [-0.2, 0) is 5.41 Å². The van der Waals surface area contributed by atoms with E-state index in [1.165, 1.54) is 55.3 Å². The zero-order chi connectivity index (χ0) is 42.4. The molecule has 0 saturated carbocycles. The van der Waals surface area contributed by atoms with Crippen molar-refractivity contribution >= 4 is 82.7 Å². The fraction of sp³-hybridized carbons (Fsp3) is 0.0164. The van der Waals surface area contributed by atoms with Crippen molar-refractivity contribution in [3.8, 4) is 27.9 Å². The number of rotatable bonds is 4. The van der Waals surface area contributed by atoms with Gasteiger partial charge in [-0.05, 0) is 112 Å². The normalized spacial score (nSPS) is 13.4. The molecule has 3 heterocycles. The molecule has 13 aromatic rings. The first kappa shape index (κ1) is 34.9. The summed E-state index contributed by atoms with van der Waals surface area (Å²) in [5.41, 5.74) is 19.9. The predicted molar refractivity (Wildman–Crippen MR) is 266 cm³/mol. The monoisotopic (exact) mass is 828 g/mol. The van der Waals surface area contributed by atoms with E-state index in [0.29, 0.717) is 0 Å². The van der Waals surface area contributed by atoms with Crippen LogP contribution >= 0.6 is 0 Å². The first-order valence-corrected chi connectivity index (χ1v) is 22.3. The van der Waals surface area contributed by atoms with Crippen LogP contribution in [0.1, 0.15) is 22.3 Å². The molecule has 0 amide bonds. The van der Waals surface area contributed by atoms with Crippen molar-refractivity contribution in [3.63, 3.8) is 0 Å². The maximum absolute atomic E-state index is 6.51. The third-order valence-electron chi connectivity index (χ3n) is 14.4. The Morgan fingerprint density at radius 3 is 1.71 bits per heavy atom. The number of hydrogen-bond acceptors (Lipinski definition) is 3. The highest BCUT2D eigenvalue weighted by atomic mass is 16.3. The average molecular weight is 829 g/mol. The summed E-state index contributed by atoms with van der Waals surface area (Å²) in [7, 11) is 0. The maximum Gasteiger partial charge on any atom is 0.137 e. The standard InChI is InChI=1S/C61H36N2O2/c1-2-15-37(16-3-1)63-53-36-39(29-31-42(53)44-32-34-57-59(60(44)63)46-21-8-13-28-55(46)65-57)62(38-30-33-56-47(35-38)43-19-7-12-27-54(43)64-56)52-26-14-25-51-58(52)45-20-6-11-24-50(45)61(51)48-22-9-4-17-40(48)41-18-5-10-23-49(41)61/h1-36H. The van der Waals surface area contributed by atoms with Crippen molar-refractivity contribution in [2.24, 2.45) is 0 Å². The number of fused-ring (bicyclic) bond motifs is 20. The van der Waals surface area contributed by atoms with Gasteiger partial charge < -0.3 is 18.3 Å². The number of hydrogen-bond donors (Lipinski definition) is 0. The maximum atomic E-state index is 6.51. The molecule has 15 rings (SSSR count). The zero-order valence-electron chi connectivity index (χ0n) is 35.0. The quantitative estimate of drug-likeness (QED) is 0.177. The third kappa shape index (κ3) is 4.50. The molecular formula is C61H36N2O2. The van der Waals surface area contributed by atoms with E-state index in [0.717, 1.165) is 77.7 Å². The van der Waals surface area contributed by atoms with Gasteiger partial charge in [-0.15, -0.1) is 0 Å². The largest absolute Gasteiger partial charge is 0.456 e. The highest BCUT2D eigenvalue weighted by Crippen LogP contribution is 2.64. The van der Waals surface area contributed by atoms with E-state index >= 15 is 0 Å². The molecule has 302 valence electrons. The van der Waals surface area contributed by atoms with Crippen LogP contribution in [0.3, 0.4) is 0 Å². The molecule has 0 unspecified atom stereocenters. The van der Waals surface area contributed by atoms with E-state index in [1.54, 1.807) is 0 Å². The first-order valence-electron chi connectivity index (χ1n) is 22.3. The number of anilines is 3. The molecule has 1 spiro atoms. The van der Waals surface area contributed by atoms with Gasteiger partial charge in [0.2, 0.25) is 0 Å². The van der Waals surface area contributed by atoms with Crippen LogP contribution in [0.15, 0.2) is 227 Å². The van der Waals surface area contributed by atoms with Crippen molar-refractivity contribution < 1.29 is 8.83 Å². The SMILES string of the molecule is c1ccc(-n2c3cc(N(c4ccc5oc6ccccc6c5c4)c4cccc5c4-c4ccccc4C54c5ccccc5-c5ccccc54)ccc3c3ccc4oc5ccccc5c4c32)cc1. The number of nitrogens with zero attached hydrogens (tertiary/aromatic N) is 2. The zero-order valence-corrected chi connectivity index (χ0v) is 35.0. The Kier molecular flexibility index (Phi) is 6.85. The van der Waals surface area contributed by atoms with Crippen LogP contribution in [-0.4, -0.2) is 4.57 Å². The number of benzene rings is 10. The van der Waals surface area contributed by atoms with E-state index in [9.17, 15) is 0 Å². The predicted octanol–water partition coefficient (Wildman–Crippen LogP) is 16.4. The molecule has 2 aliphatic rings. The molecule has 0 aliphatic heterocycles. The van der Waals surface area contributed by atoms with Gasteiger partial charge in [-0.1, -0.05) is 146 Å². The molecule has 0 fully saturated rings. The van der Waals surface area contributed by atoms with Crippen molar-refractivity contribution in [1.29, 1.82) is 0 Å². The lowest BCUT2D eigenvalue weighted by molar-refractivity contribution is 0.668. The van der Waals surface area contributed by atoms with E-state index in [2.05, 4.69) is 216 Å². The lowest BCUT2D eigenvalue weighted by atomic mass is 9.70. The van der Waals surface area contributed by atoms with Gasteiger partial charge in [-0.25, -0.2) is 0 Å². The van der Waals surface area contributed by atoms with Gasteiger partial charge in [0.15, 0.2) is 0 Å². The van der Waals surface area contributed by atoms with Gasteiger partial charge >= 0.3 is 0 Å². The second-order valence-corrected chi connectivity index (χ2v) is 17.5. The summed E-state index contributed by atoms with van der Waals surface area (Å²) in [6.45, 7) is 0. The molecule has 4 heteroatoms. The van der Waals surface area contributed by atoms with Crippen molar-refractivity contribution in [2.75, 3.05) is 4.90 Å². The molecule has 0 saturated heterocycles. The summed E-state index contributed by atoms with van der Waals surface area (Å²) in [5.74, 6) is 0. The fourth-order valence-corrected chi connectivity index (χ4v) is 11.9. The first-order chi connectivity index (χ1) is 32.3. The van der Waals surface area contributed by atoms with E-state index < -0.39 is 5.41 Å². The number of aromatic nitrogens is 1. The Balaban J connectivity index is 1.06. The van der Waals surface area contributed by atoms with Gasteiger partial charge in [-0.3, -0.25) is 0 Å². The van der Waals surface area contributed by atoms with Crippen molar-refractivity contribution in [1.82, 2.24) is 4.57 Å². The second kappa shape index (κ2) is 12.7. The highest BCUT2D eigenvalue weighted by Gasteiger charge is 2.52. The summed E-state index contributed by atoms with van der Waals surface area (Å²) in [4.78, 5) is 2.48. The van der Waals surface area contributed by atoms with Crippen LogP contribution in [0.25, 0.3) is 93.6 Å². The molecule has 4 nitrogen and oxygen atoms in total. The molecule has 0 bridgehead atoms. The molecule has 3 aromatic heterocycles. The Hall–Kier alpha value is -8.60. The van der Waals surface area contributed by atoms with Crippen LogP contribution in [0.5, 0.6) is 0 Å². The van der Waals surface area contributed by atoms with Crippen LogP contribution in [0, 0.1) is 0 Å². The van der Waals surface area contributed by atoms with Gasteiger partial charge in [0.1, 0.15) is 22.3 Å². The molecule has 2 aliphatic carbocycles. The van der Waals surface area contributed by atoms with Crippen molar-refractivity contribution in [3.05, 3.63) is 241 Å². The second-order valence-electron chi connectivity index (χ2n) is 17.5. The van der Waals surface area contributed by atoms with Crippen LogP contribution in [0.4, 0.5) is 17.1 Å². The molecule has 0 N–H and O–H groups in total. The summed E-state index contributed by atoms with van der Waals surface area (Å²) in [6.07, 6.45) is 0. The van der Waals surface area contributed by atoms with E-state index in [4.69, 9.17) is 8.83 Å². The molecule has 65 heavy (non-hydrogen) atoms. The van der Waals surface area contributed by atoms with E-state index in [-0.39, 0.29) is 0 Å². The molecule has 0 radical (unpaired) electrons. The number of para-hydroxylation sites is 3. The minimum absolute atomic E-state index is 0.478. The lowest BCUT2D eigenvalue weighted by Gasteiger charge is -2.32. The van der Waals surface area contributed by atoms with Gasteiger partial charge in [0.25, 0.3) is 0 Å². The fourth-order valence-electron chi connectivity index (χ4n) is 11.9. The van der Waals surface area contributed by atoms with Gasteiger partial charge in [-0.2, -0.15) is 0 Å². The summed E-state index contributed by atoms with van der Waals surface area (Å²) >= 11 is 0. The highest BCUT2D eigenvalue weighted by molar-refractivity contribution is 6.25. The molecular weight excluding hydrogens is 793 g/mol. The Bertz CT molecular complexity index is 4100. The van der Waals surface area contributed by atoms with Gasteiger partial charge in [0.05, 0.1) is 27.5 Å². The third-order valence-corrected chi connectivity index (χ3v) is 14.4. The summed E-state index contributed by atoms with van der Waals surface area (Å²) in [6, 6.07) is 79.7. The van der Waals surface area contributed by atoms with Crippen LogP contribution < -0.4 is 4.90 Å². The van der Waals surface area contributed by atoms with Crippen molar-refractivity contribution in [2.45, 2.75) is 5.41 Å². The topological polar surface area (TPSA) is 34.5 Å². The minimum atomic E-state index is -0.478. The van der Waals surface area contributed by atoms with Gasteiger partial charge in [0, 0.05) is 49.6 Å². The molecule has 0 atom stereocenters. The Morgan fingerprint density at radius 2 is 0.923 bits per heavy atom. The molecule has 10 aromatic carbocycles.